The lowest BCUT2D eigenvalue weighted by Gasteiger charge is -2.21. The number of hydrogen-bond acceptors (Lipinski definition) is 5. The van der Waals surface area contributed by atoms with Gasteiger partial charge in [-0.25, -0.2) is 4.39 Å². The standard InChI is InChI=1S/C15H19ClFN5S/c1-9(2)6-19-14-21-22-11(8-20-15(22)23-14)7-18-10-3-4-13(17)12(16)5-10/h3-5,8-9,11,15,18H,6-7H2,1-2H3,(H,19,21). The highest BCUT2D eigenvalue weighted by atomic mass is 35.5. The summed E-state index contributed by atoms with van der Waals surface area (Å²) >= 11 is 7.42. The molecule has 1 saturated heterocycles. The molecule has 5 nitrogen and oxygen atoms in total. The number of hydrogen-bond donors (Lipinski definition) is 2. The number of nitrogens with zero attached hydrogens (tertiary/aromatic N) is 3. The molecule has 0 bridgehead atoms. The van der Waals surface area contributed by atoms with E-state index in [1.165, 1.54) is 6.07 Å². The number of halogens is 2. The van der Waals surface area contributed by atoms with Crippen LogP contribution in [-0.4, -0.2) is 41.0 Å². The number of rotatable bonds is 5. The third-order valence-corrected chi connectivity index (χ3v) is 4.75. The number of hydrazine groups is 1. The van der Waals surface area contributed by atoms with Gasteiger partial charge in [-0.3, -0.25) is 15.4 Å². The number of aliphatic imine (C=N–C) groups is 2. The summed E-state index contributed by atoms with van der Waals surface area (Å²) in [6, 6.07) is 4.72. The predicted molar refractivity (Wildman–Crippen MR) is 95.7 cm³/mol. The lowest BCUT2D eigenvalue weighted by atomic mass is 10.2. The smallest absolute Gasteiger partial charge is 0.174 e. The summed E-state index contributed by atoms with van der Waals surface area (Å²) in [5, 5.41) is 6.36. The van der Waals surface area contributed by atoms with Crippen LogP contribution >= 0.6 is 23.4 Å². The van der Waals surface area contributed by atoms with Crippen molar-refractivity contribution >= 4 is 40.4 Å². The molecule has 0 radical (unpaired) electrons. The molecule has 0 amide bonds. The fourth-order valence-corrected chi connectivity index (χ4v) is 3.40. The Morgan fingerprint density at radius 3 is 3.09 bits per heavy atom. The van der Waals surface area contributed by atoms with E-state index in [0.717, 1.165) is 17.4 Å². The van der Waals surface area contributed by atoms with Gasteiger partial charge in [0.05, 0.1) is 11.1 Å². The van der Waals surface area contributed by atoms with Crippen LogP contribution in [0.25, 0.3) is 0 Å². The fourth-order valence-electron chi connectivity index (χ4n) is 2.26. The molecule has 8 heteroatoms. The first-order valence-corrected chi connectivity index (χ1v) is 8.77. The highest BCUT2D eigenvalue weighted by Gasteiger charge is 2.37. The van der Waals surface area contributed by atoms with E-state index in [-0.39, 0.29) is 16.6 Å². The maximum atomic E-state index is 13.2. The van der Waals surface area contributed by atoms with E-state index in [4.69, 9.17) is 11.6 Å². The molecule has 23 heavy (non-hydrogen) atoms. The molecule has 2 heterocycles. The second kappa shape index (κ2) is 7.07. The molecule has 0 spiro atoms. The molecule has 0 saturated carbocycles. The molecule has 2 aliphatic heterocycles. The van der Waals surface area contributed by atoms with E-state index < -0.39 is 5.82 Å². The summed E-state index contributed by atoms with van der Waals surface area (Å²) in [4.78, 5) is 9.05. The van der Waals surface area contributed by atoms with Crippen molar-refractivity contribution in [1.29, 1.82) is 0 Å². The molecule has 2 unspecified atom stereocenters. The number of anilines is 1. The first kappa shape index (κ1) is 16.5. The quantitative estimate of drug-likeness (QED) is 0.851. The third-order valence-electron chi connectivity index (χ3n) is 3.46. The Bertz CT molecular complexity index is 636. The number of fused-ring (bicyclic) bond motifs is 1. The van der Waals surface area contributed by atoms with Crippen molar-refractivity contribution in [2.45, 2.75) is 25.4 Å². The summed E-state index contributed by atoms with van der Waals surface area (Å²) in [5.74, 6) is 0.118. The van der Waals surface area contributed by atoms with Gasteiger partial charge in [0.15, 0.2) is 10.7 Å². The van der Waals surface area contributed by atoms with Gasteiger partial charge < -0.3 is 5.32 Å². The van der Waals surface area contributed by atoms with Crippen LogP contribution in [0.15, 0.2) is 28.2 Å². The zero-order valence-electron chi connectivity index (χ0n) is 13.0. The van der Waals surface area contributed by atoms with Gasteiger partial charge in [0.2, 0.25) is 0 Å². The Labute approximate surface area is 144 Å². The molecule has 2 aliphatic rings. The van der Waals surface area contributed by atoms with Gasteiger partial charge in [0, 0.05) is 25.0 Å². The van der Waals surface area contributed by atoms with Crippen LogP contribution in [0, 0.1) is 11.7 Å². The van der Waals surface area contributed by atoms with Gasteiger partial charge in [-0.05, 0) is 35.9 Å². The number of thioether (sulfide) groups is 1. The topological polar surface area (TPSA) is 52.0 Å². The van der Waals surface area contributed by atoms with Crippen LogP contribution in [0.4, 0.5) is 10.1 Å². The van der Waals surface area contributed by atoms with Gasteiger partial charge in [0.25, 0.3) is 0 Å². The monoisotopic (exact) mass is 355 g/mol. The highest BCUT2D eigenvalue weighted by Crippen LogP contribution is 2.29. The van der Waals surface area contributed by atoms with Gasteiger partial charge in [-0.2, -0.15) is 5.01 Å². The zero-order valence-corrected chi connectivity index (χ0v) is 14.5. The normalized spacial score (nSPS) is 25.2. The van der Waals surface area contributed by atoms with E-state index in [0.29, 0.717) is 12.5 Å². The van der Waals surface area contributed by atoms with Crippen molar-refractivity contribution in [2.75, 3.05) is 18.4 Å². The number of amidine groups is 1. The van der Waals surface area contributed by atoms with E-state index in [1.54, 1.807) is 23.9 Å². The SMILES string of the molecule is CC(C)CN=C1NN2C(CNc3ccc(F)c(Cl)c3)C=NC2S1. The van der Waals surface area contributed by atoms with Crippen LogP contribution in [-0.2, 0) is 0 Å². The maximum Gasteiger partial charge on any atom is 0.174 e. The molecule has 0 aromatic heterocycles. The molecule has 1 aromatic rings. The molecule has 3 rings (SSSR count). The lowest BCUT2D eigenvalue weighted by Crippen LogP contribution is -2.45. The van der Waals surface area contributed by atoms with Crippen molar-refractivity contribution in [3.05, 3.63) is 29.0 Å². The molecular formula is C15H19ClFN5S. The second-order valence-corrected chi connectivity index (χ2v) is 7.33. The minimum Gasteiger partial charge on any atom is -0.383 e. The van der Waals surface area contributed by atoms with Crippen molar-refractivity contribution in [1.82, 2.24) is 10.4 Å². The number of benzene rings is 1. The van der Waals surface area contributed by atoms with Crippen LogP contribution in [0.1, 0.15) is 13.8 Å². The predicted octanol–water partition coefficient (Wildman–Crippen LogP) is 3.19. The maximum absolute atomic E-state index is 13.2. The van der Waals surface area contributed by atoms with Crippen LogP contribution < -0.4 is 10.7 Å². The first-order valence-electron chi connectivity index (χ1n) is 7.51. The van der Waals surface area contributed by atoms with Gasteiger partial charge in [0.1, 0.15) is 5.82 Å². The summed E-state index contributed by atoms with van der Waals surface area (Å²) < 4.78 is 13.2. The van der Waals surface area contributed by atoms with E-state index in [1.807, 2.05) is 6.21 Å². The Kier molecular flexibility index (Phi) is 5.08. The summed E-state index contributed by atoms with van der Waals surface area (Å²) in [6.07, 6.45) is 1.92. The fraction of sp³-hybridized carbons (Fsp3) is 0.467. The van der Waals surface area contributed by atoms with Crippen molar-refractivity contribution in [3.63, 3.8) is 0 Å². The van der Waals surface area contributed by atoms with Crippen LogP contribution in [0.5, 0.6) is 0 Å². The molecule has 2 atom stereocenters. The van der Waals surface area contributed by atoms with Crippen molar-refractivity contribution in [2.24, 2.45) is 15.9 Å². The first-order chi connectivity index (χ1) is 11.0. The van der Waals surface area contributed by atoms with E-state index in [9.17, 15) is 4.39 Å². The Balaban J connectivity index is 1.57. The molecule has 2 N–H and O–H groups in total. The molecule has 1 fully saturated rings. The average molecular weight is 356 g/mol. The van der Waals surface area contributed by atoms with Crippen molar-refractivity contribution < 1.29 is 4.39 Å². The zero-order chi connectivity index (χ0) is 16.4. The lowest BCUT2D eigenvalue weighted by molar-refractivity contribution is 0.231. The molecular weight excluding hydrogens is 337 g/mol. The largest absolute Gasteiger partial charge is 0.383 e. The van der Waals surface area contributed by atoms with Crippen LogP contribution in [0.2, 0.25) is 5.02 Å². The Morgan fingerprint density at radius 1 is 1.52 bits per heavy atom. The molecule has 0 aliphatic carbocycles. The Hall–Kier alpha value is -1.31. The second-order valence-electron chi connectivity index (χ2n) is 5.88. The van der Waals surface area contributed by atoms with Gasteiger partial charge >= 0.3 is 0 Å². The minimum absolute atomic E-state index is 0.0320. The third kappa shape index (κ3) is 3.97. The highest BCUT2D eigenvalue weighted by molar-refractivity contribution is 8.14. The summed E-state index contributed by atoms with van der Waals surface area (Å²) in [7, 11) is 0. The van der Waals surface area contributed by atoms with Crippen molar-refractivity contribution in [3.8, 4) is 0 Å². The Morgan fingerprint density at radius 2 is 2.35 bits per heavy atom. The van der Waals surface area contributed by atoms with Gasteiger partial charge in [-0.1, -0.05) is 25.4 Å². The molecule has 124 valence electrons. The molecule has 1 aromatic carbocycles. The van der Waals surface area contributed by atoms with E-state index >= 15 is 0 Å². The minimum atomic E-state index is -0.414. The van der Waals surface area contributed by atoms with Gasteiger partial charge in [-0.15, -0.1) is 0 Å². The van der Waals surface area contributed by atoms with Crippen LogP contribution in [0.3, 0.4) is 0 Å². The van der Waals surface area contributed by atoms with E-state index in [2.05, 4.69) is 39.6 Å². The summed E-state index contributed by atoms with van der Waals surface area (Å²) in [6.45, 7) is 5.73. The summed E-state index contributed by atoms with van der Waals surface area (Å²) in [5.41, 5.74) is 4.13. The average Bonchev–Trinajstić information content (AvgIpc) is 3.07. The number of nitrogens with one attached hydrogen (secondary N) is 2.